The van der Waals surface area contributed by atoms with E-state index in [-0.39, 0.29) is 6.54 Å². The van der Waals surface area contributed by atoms with Crippen LogP contribution in [0.25, 0.3) is 0 Å². The molecule has 1 aliphatic rings. The molecule has 1 unspecified atom stereocenters. The maximum atomic E-state index is 13.2. The zero-order valence-corrected chi connectivity index (χ0v) is 19.3. The van der Waals surface area contributed by atoms with E-state index >= 15 is 0 Å². The van der Waals surface area contributed by atoms with Gasteiger partial charge in [-0.25, -0.2) is 0 Å². The van der Waals surface area contributed by atoms with Gasteiger partial charge in [-0.3, -0.25) is 0 Å². The van der Waals surface area contributed by atoms with Crippen LogP contribution in [0.15, 0.2) is 103 Å². The molecule has 0 saturated carbocycles. The Morgan fingerprint density at radius 1 is 0.886 bits per heavy atom. The maximum absolute atomic E-state index is 13.2. The fourth-order valence-corrected chi connectivity index (χ4v) is 4.06. The van der Waals surface area contributed by atoms with Crippen LogP contribution in [-0.2, 0) is 13.0 Å². The number of aliphatic hydroxyl groups excluding tert-OH is 1. The zero-order valence-electron chi connectivity index (χ0n) is 19.3. The Hall–Kier alpha value is -3.51. The number of rotatable bonds is 9. The average molecular weight is 480 g/mol. The molecule has 0 saturated heterocycles. The first kappa shape index (κ1) is 24.6. The summed E-state index contributed by atoms with van der Waals surface area (Å²) >= 11 is 0. The van der Waals surface area contributed by atoms with Crippen LogP contribution in [0, 0.1) is 0 Å². The van der Waals surface area contributed by atoms with Gasteiger partial charge in [0.25, 0.3) is 0 Å². The smallest absolute Gasteiger partial charge is 0.416 e. The Morgan fingerprint density at radius 3 is 2.37 bits per heavy atom. The number of anilines is 1. The van der Waals surface area contributed by atoms with Crippen molar-refractivity contribution in [2.75, 3.05) is 11.4 Å². The van der Waals surface area contributed by atoms with Gasteiger partial charge in [0.1, 0.15) is 11.5 Å². The largest absolute Gasteiger partial charge is 0.457 e. The summed E-state index contributed by atoms with van der Waals surface area (Å²) in [6.07, 6.45) is 1.99. The lowest BCUT2D eigenvalue weighted by Gasteiger charge is -2.29. The van der Waals surface area contributed by atoms with Crippen LogP contribution in [0.5, 0.6) is 11.5 Å². The summed E-state index contributed by atoms with van der Waals surface area (Å²) in [5.74, 6) is 1.14. The van der Waals surface area contributed by atoms with E-state index in [0.29, 0.717) is 17.2 Å². The molecule has 1 aliphatic carbocycles. The van der Waals surface area contributed by atoms with E-state index in [0.717, 1.165) is 30.4 Å². The summed E-state index contributed by atoms with van der Waals surface area (Å²) in [5.41, 5.74) is 3.85. The van der Waals surface area contributed by atoms with Gasteiger partial charge in [-0.1, -0.05) is 72.3 Å². The van der Waals surface area contributed by atoms with E-state index in [1.165, 1.54) is 10.5 Å². The van der Waals surface area contributed by atoms with E-state index in [1.54, 1.807) is 36.4 Å². The molecule has 6 heteroatoms. The first-order chi connectivity index (χ1) is 16.9. The third kappa shape index (κ3) is 7.23. The van der Waals surface area contributed by atoms with Gasteiger partial charge in [-0.05, 0) is 54.7 Å². The first-order valence-electron chi connectivity index (χ1n) is 11.6. The summed E-state index contributed by atoms with van der Waals surface area (Å²) in [5, 5.41) is 9.86. The molecule has 0 aliphatic heterocycles. The van der Waals surface area contributed by atoms with E-state index in [4.69, 9.17) is 4.74 Å². The normalized spacial score (nSPS) is 14.3. The number of hydrogen-bond donors (Lipinski definition) is 1. The number of allylic oxidation sites excluding steroid dienone is 4. The lowest BCUT2D eigenvalue weighted by atomic mass is 9.96. The fourth-order valence-electron chi connectivity index (χ4n) is 4.06. The minimum Gasteiger partial charge on any atom is -0.457 e. The van der Waals surface area contributed by atoms with Gasteiger partial charge < -0.3 is 14.7 Å². The molecule has 1 atom stereocenters. The molecule has 0 bridgehead atoms. The Balaban J connectivity index is 1.57. The number of para-hydroxylation sites is 1. The Morgan fingerprint density at radius 2 is 1.63 bits per heavy atom. The SMILES string of the molecule is OC(CN(Cc1cccc(CC2=CC=CCC2)c1)c1cccc(Oc2ccccc2)c1)C(F)(F)F. The standard InChI is InChI=1S/C29H28F3NO2/c30-29(31,32)28(34)21-33(25-13-8-16-27(19-25)35-26-14-5-2-6-15-26)20-24-12-7-11-23(18-24)17-22-9-3-1-4-10-22/h1-3,5-9,11-16,18-19,28,34H,4,10,17,20-21H2. The summed E-state index contributed by atoms with van der Waals surface area (Å²) in [6, 6.07) is 24.0. The number of alkyl halides is 3. The quantitative estimate of drug-likeness (QED) is 0.351. The van der Waals surface area contributed by atoms with Crippen molar-refractivity contribution in [2.45, 2.75) is 38.1 Å². The predicted octanol–water partition coefficient (Wildman–Crippen LogP) is 7.23. The number of aliphatic hydroxyl groups is 1. The molecule has 35 heavy (non-hydrogen) atoms. The topological polar surface area (TPSA) is 32.7 Å². The molecular formula is C29H28F3NO2. The van der Waals surface area contributed by atoms with Crippen LogP contribution >= 0.6 is 0 Å². The van der Waals surface area contributed by atoms with Crippen molar-refractivity contribution in [1.29, 1.82) is 0 Å². The van der Waals surface area contributed by atoms with Crippen molar-refractivity contribution in [3.8, 4) is 11.5 Å². The maximum Gasteiger partial charge on any atom is 0.416 e. The highest BCUT2D eigenvalue weighted by Crippen LogP contribution is 2.29. The highest BCUT2D eigenvalue weighted by Gasteiger charge is 2.39. The summed E-state index contributed by atoms with van der Waals surface area (Å²) in [6.45, 7) is -0.368. The summed E-state index contributed by atoms with van der Waals surface area (Å²) in [7, 11) is 0. The third-order valence-electron chi connectivity index (χ3n) is 5.83. The molecule has 0 amide bonds. The molecule has 0 radical (unpaired) electrons. The third-order valence-corrected chi connectivity index (χ3v) is 5.83. The Labute approximate surface area is 203 Å². The molecule has 182 valence electrons. The van der Waals surface area contributed by atoms with Crippen molar-refractivity contribution in [1.82, 2.24) is 0 Å². The van der Waals surface area contributed by atoms with Crippen LogP contribution in [0.2, 0.25) is 0 Å². The molecule has 3 nitrogen and oxygen atoms in total. The molecular weight excluding hydrogens is 451 g/mol. The van der Waals surface area contributed by atoms with Crippen LogP contribution < -0.4 is 9.64 Å². The van der Waals surface area contributed by atoms with Crippen molar-refractivity contribution in [3.63, 3.8) is 0 Å². The van der Waals surface area contributed by atoms with Gasteiger partial charge in [-0.15, -0.1) is 0 Å². The monoisotopic (exact) mass is 479 g/mol. The Bertz CT molecular complexity index is 1170. The number of halogens is 3. The second-order valence-electron chi connectivity index (χ2n) is 8.64. The Kier molecular flexibility index (Phi) is 7.93. The molecule has 1 N–H and O–H groups in total. The number of hydrogen-bond acceptors (Lipinski definition) is 3. The van der Waals surface area contributed by atoms with E-state index in [9.17, 15) is 18.3 Å². The number of benzene rings is 3. The average Bonchev–Trinajstić information content (AvgIpc) is 2.85. The highest BCUT2D eigenvalue weighted by atomic mass is 19.4. The van der Waals surface area contributed by atoms with Crippen molar-refractivity contribution in [2.24, 2.45) is 0 Å². The predicted molar refractivity (Wildman–Crippen MR) is 133 cm³/mol. The van der Waals surface area contributed by atoms with Crippen molar-refractivity contribution >= 4 is 5.69 Å². The number of ether oxygens (including phenoxy) is 1. The highest BCUT2D eigenvalue weighted by molar-refractivity contribution is 5.52. The molecule has 0 spiro atoms. The van der Waals surface area contributed by atoms with Gasteiger partial charge in [0.15, 0.2) is 6.10 Å². The summed E-state index contributed by atoms with van der Waals surface area (Å²) in [4.78, 5) is 1.54. The second kappa shape index (κ2) is 11.3. The van der Waals surface area contributed by atoms with Gasteiger partial charge >= 0.3 is 6.18 Å². The molecule has 0 heterocycles. The molecule has 4 rings (SSSR count). The second-order valence-corrected chi connectivity index (χ2v) is 8.64. The fraction of sp³-hybridized carbons (Fsp3) is 0.241. The molecule has 0 fully saturated rings. The van der Waals surface area contributed by atoms with Gasteiger partial charge in [-0.2, -0.15) is 13.2 Å². The minimum absolute atomic E-state index is 0.217. The van der Waals surface area contributed by atoms with Crippen molar-refractivity contribution < 1.29 is 23.0 Å². The minimum atomic E-state index is -4.71. The van der Waals surface area contributed by atoms with Crippen LogP contribution in [0.3, 0.4) is 0 Å². The van der Waals surface area contributed by atoms with E-state index in [2.05, 4.69) is 18.2 Å². The first-order valence-corrected chi connectivity index (χ1v) is 11.6. The lowest BCUT2D eigenvalue weighted by Crippen LogP contribution is -2.40. The molecule has 0 aromatic heterocycles. The van der Waals surface area contributed by atoms with Gasteiger partial charge in [0.05, 0.1) is 6.54 Å². The molecule has 3 aromatic carbocycles. The van der Waals surface area contributed by atoms with E-state index < -0.39 is 18.8 Å². The van der Waals surface area contributed by atoms with Crippen molar-refractivity contribution in [3.05, 3.63) is 114 Å². The molecule has 3 aromatic rings. The van der Waals surface area contributed by atoms with Crippen LogP contribution in [-0.4, -0.2) is 23.9 Å². The van der Waals surface area contributed by atoms with Crippen LogP contribution in [0.4, 0.5) is 18.9 Å². The van der Waals surface area contributed by atoms with E-state index in [1.807, 2.05) is 42.5 Å². The summed E-state index contributed by atoms with van der Waals surface area (Å²) < 4.78 is 45.6. The lowest BCUT2D eigenvalue weighted by molar-refractivity contribution is -0.200. The van der Waals surface area contributed by atoms with Crippen LogP contribution in [0.1, 0.15) is 24.0 Å². The number of nitrogens with zero attached hydrogens (tertiary/aromatic N) is 1. The van der Waals surface area contributed by atoms with Gasteiger partial charge in [0.2, 0.25) is 0 Å². The zero-order chi connectivity index (χ0) is 24.7. The van der Waals surface area contributed by atoms with Gasteiger partial charge in [0, 0.05) is 18.3 Å².